The molecule has 94 valence electrons. The van der Waals surface area contributed by atoms with Crippen molar-refractivity contribution in [2.24, 2.45) is 5.92 Å². The van der Waals surface area contributed by atoms with Crippen LogP contribution >= 0.6 is 23.2 Å². The van der Waals surface area contributed by atoms with Crippen LogP contribution in [0.3, 0.4) is 0 Å². The minimum Gasteiger partial charge on any atom is -0.399 e. The van der Waals surface area contributed by atoms with Gasteiger partial charge >= 0.3 is 0 Å². The molecule has 1 aliphatic heterocycles. The summed E-state index contributed by atoms with van der Waals surface area (Å²) < 4.78 is 0. The second kappa shape index (κ2) is 4.95. The quantitative estimate of drug-likeness (QED) is 0.818. The summed E-state index contributed by atoms with van der Waals surface area (Å²) in [6, 6.07) is 4.07. The molecule has 1 unspecified atom stereocenters. The van der Waals surface area contributed by atoms with Gasteiger partial charge in [-0.3, -0.25) is 0 Å². The zero-order valence-electron chi connectivity index (χ0n) is 10.2. The smallest absolute Gasteiger partial charge is 0.0749 e. The van der Waals surface area contributed by atoms with Gasteiger partial charge in [-0.1, -0.05) is 37.0 Å². The van der Waals surface area contributed by atoms with Gasteiger partial charge in [-0.05, 0) is 30.9 Å². The zero-order valence-corrected chi connectivity index (χ0v) is 11.7. The second-order valence-corrected chi connectivity index (χ2v) is 5.79. The molecule has 0 bridgehead atoms. The SMILES string of the molecule is CC(C)C1CCCN1c1c(Cl)cc(N)cc1Cl. The Balaban J connectivity index is 2.40. The first-order chi connectivity index (χ1) is 8.00. The van der Waals surface area contributed by atoms with Crippen LogP contribution in [-0.2, 0) is 0 Å². The Morgan fingerprint density at radius 2 is 1.88 bits per heavy atom. The van der Waals surface area contributed by atoms with E-state index in [9.17, 15) is 0 Å². The molecule has 1 aromatic carbocycles. The number of nitrogens with two attached hydrogens (primary N) is 1. The van der Waals surface area contributed by atoms with Crippen LogP contribution in [0.5, 0.6) is 0 Å². The Labute approximate surface area is 113 Å². The lowest BCUT2D eigenvalue weighted by atomic mass is 10.0. The molecule has 17 heavy (non-hydrogen) atoms. The lowest BCUT2D eigenvalue weighted by Crippen LogP contribution is -2.33. The number of nitrogens with zero attached hydrogens (tertiary/aromatic N) is 1. The van der Waals surface area contributed by atoms with Crippen LogP contribution in [0.2, 0.25) is 10.0 Å². The molecule has 0 radical (unpaired) electrons. The predicted molar refractivity (Wildman–Crippen MR) is 76.1 cm³/mol. The third-order valence-corrected chi connectivity index (χ3v) is 3.97. The van der Waals surface area contributed by atoms with Crippen molar-refractivity contribution in [3.8, 4) is 0 Å². The van der Waals surface area contributed by atoms with Gasteiger partial charge in [-0.2, -0.15) is 0 Å². The van der Waals surface area contributed by atoms with E-state index >= 15 is 0 Å². The first kappa shape index (κ1) is 12.8. The third-order valence-electron chi connectivity index (χ3n) is 3.40. The molecule has 1 heterocycles. The Morgan fingerprint density at radius 3 is 2.41 bits per heavy atom. The van der Waals surface area contributed by atoms with Gasteiger partial charge in [0.15, 0.2) is 0 Å². The van der Waals surface area contributed by atoms with E-state index in [-0.39, 0.29) is 0 Å². The standard InChI is InChI=1S/C13H18Cl2N2/c1-8(2)12-4-3-5-17(12)13-10(14)6-9(16)7-11(13)15/h6-8,12H,3-5,16H2,1-2H3. The largest absolute Gasteiger partial charge is 0.399 e. The molecule has 1 atom stereocenters. The Bertz CT molecular complexity index is 395. The second-order valence-electron chi connectivity index (χ2n) is 4.98. The summed E-state index contributed by atoms with van der Waals surface area (Å²) in [6.45, 7) is 5.50. The fourth-order valence-electron chi connectivity index (χ4n) is 2.62. The van der Waals surface area contributed by atoms with E-state index in [1.807, 2.05) is 0 Å². The third kappa shape index (κ3) is 2.48. The average molecular weight is 273 g/mol. The molecule has 0 aromatic heterocycles. The van der Waals surface area contributed by atoms with Crippen molar-refractivity contribution in [2.45, 2.75) is 32.7 Å². The van der Waals surface area contributed by atoms with Crippen molar-refractivity contribution < 1.29 is 0 Å². The summed E-state index contributed by atoms with van der Waals surface area (Å²) in [5, 5.41) is 1.31. The molecule has 0 amide bonds. The van der Waals surface area contributed by atoms with E-state index < -0.39 is 0 Å². The molecule has 0 aliphatic carbocycles. The molecule has 2 nitrogen and oxygen atoms in total. The van der Waals surface area contributed by atoms with E-state index in [1.165, 1.54) is 12.8 Å². The van der Waals surface area contributed by atoms with Crippen LogP contribution in [0.15, 0.2) is 12.1 Å². The van der Waals surface area contributed by atoms with Crippen molar-refractivity contribution in [3.05, 3.63) is 22.2 Å². The van der Waals surface area contributed by atoms with E-state index in [4.69, 9.17) is 28.9 Å². The zero-order chi connectivity index (χ0) is 12.6. The van der Waals surface area contributed by atoms with Crippen LogP contribution in [-0.4, -0.2) is 12.6 Å². The highest BCUT2D eigenvalue weighted by atomic mass is 35.5. The van der Waals surface area contributed by atoms with Gasteiger partial charge < -0.3 is 10.6 Å². The van der Waals surface area contributed by atoms with E-state index in [1.54, 1.807) is 12.1 Å². The fourth-order valence-corrected chi connectivity index (χ4v) is 3.34. The van der Waals surface area contributed by atoms with Crippen molar-refractivity contribution in [3.63, 3.8) is 0 Å². The fraction of sp³-hybridized carbons (Fsp3) is 0.538. The van der Waals surface area contributed by atoms with Crippen molar-refractivity contribution in [2.75, 3.05) is 17.2 Å². The maximum atomic E-state index is 6.28. The first-order valence-corrected chi connectivity index (χ1v) is 6.77. The normalized spacial score (nSPS) is 20.3. The highest BCUT2D eigenvalue weighted by Crippen LogP contribution is 2.40. The number of nitrogen functional groups attached to an aromatic ring is 1. The topological polar surface area (TPSA) is 29.3 Å². The first-order valence-electron chi connectivity index (χ1n) is 6.02. The van der Waals surface area contributed by atoms with Gasteiger partial charge in [0.1, 0.15) is 0 Å². The molecule has 2 N–H and O–H groups in total. The highest BCUT2D eigenvalue weighted by Gasteiger charge is 2.29. The maximum absolute atomic E-state index is 6.28. The van der Waals surface area contributed by atoms with E-state index in [0.29, 0.717) is 27.7 Å². The molecule has 2 rings (SSSR count). The number of rotatable bonds is 2. The molecule has 1 aliphatic rings. The van der Waals surface area contributed by atoms with Gasteiger partial charge in [-0.25, -0.2) is 0 Å². The Morgan fingerprint density at radius 1 is 1.29 bits per heavy atom. The summed E-state index contributed by atoms with van der Waals surface area (Å²) in [7, 11) is 0. The maximum Gasteiger partial charge on any atom is 0.0749 e. The van der Waals surface area contributed by atoms with E-state index in [2.05, 4.69) is 18.7 Å². The monoisotopic (exact) mass is 272 g/mol. The van der Waals surface area contributed by atoms with Gasteiger partial charge in [0.2, 0.25) is 0 Å². The van der Waals surface area contributed by atoms with Crippen molar-refractivity contribution in [1.29, 1.82) is 0 Å². The molecular formula is C13H18Cl2N2. The molecular weight excluding hydrogens is 255 g/mol. The molecule has 1 saturated heterocycles. The van der Waals surface area contributed by atoms with Crippen LogP contribution in [0, 0.1) is 5.92 Å². The molecule has 1 fully saturated rings. The van der Waals surface area contributed by atoms with Crippen LogP contribution < -0.4 is 10.6 Å². The molecule has 0 saturated carbocycles. The van der Waals surface area contributed by atoms with E-state index in [0.717, 1.165) is 12.2 Å². The van der Waals surface area contributed by atoms with Gasteiger partial charge in [0, 0.05) is 18.3 Å². The van der Waals surface area contributed by atoms with Crippen LogP contribution in [0.1, 0.15) is 26.7 Å². The number of hydrogen-bond donors (Lipinski definition) is 1. The van der Waals surface area contributed by atoms with Gasteiger partial charge in [-0.15, -0.1) is 0 Å². The summed E-state index contributed by atoms with van der Waals surface area (Å²) in [6.07, 6.45) is 2.40. The number of benzene rings is 1. The lowest BCUT2D eigenvalue weighted by molar-refractivity contribution is 0.492. The van der Waals surface area contributed by atoms with Crippen molar-refractivity contribution in [1.82, 2.24) is 0 Å². The number of anilines is 2. The van der Waals surface area contributed by atoms with Crippen molar-refractivity contribution >= 4 is 34.6 Å². The highest BCUT2D eigenvalue weighted by molar-refractivity contribution is 6.39. The summed E-state index contributed by atoms with van der Waals surface area (Å²) in [4.78, 5) is 2.33. The van der Waals surface area contributed by atoms with Crippen LogP contribution in [0.25, 0.3) is 0 Å². The lowest BCUT2D eigenvalue weighted by Gasteiger charge is -2.31. The summed E-state index contributed by atoms with van der Waals surface area (Å²) in [5.41, 5.74) is 7.29. The van der Waals surface area contributed by atoms with Gasteiger partial charge in [0.25, 0.3) is 0 Å². The minimum absolute atomic E-state index is 0.522. The average Bonchev–Trinajstić information content (AvgIpc) is 2.64. The molecule has 4 heteroatoms. The number of hydrogen-bond acceptors (Lipinski definition) is 2. The molecule has 1 aromatic rings. The van der Waals surface area contributed by atoms with Crippen LogP contribution in [0.4, 0.5) is 11.4 Å². The van der Waals surface area contributed by atoms with Gasteiger partial charge in [0.05, 0.1) is 15.7 Å². The Hall–Kier alpha value is -0.600. The summed E-state index contributed by atoms with van der Waals surface area (Å²) in [5.74, 6) is 0.599. The molecule has 0 spiro atoms. The summed E-state index contributed by atoms with van der Waals surface area (Å²) >= 11 is 12.6. The number of halogens is 2. The predicted octanol–water partition coefficient (Wildman–Crippen LogP) is 4.20. The Kier molecular flexibility index (Phi) is 3.74. The minimum atomic E-state index is 0.522.